The van der Waals surface area contributed by atoms with Gasteiger partial charge in [0.25, 0.3) is 0 Å². The molecule has 0 saturated carbocycles. The summed E-state index contributed by atoms with van der Waals surface area (Å²) in [6, 6.07) is 6.46. The molecule has 0 fully saturated rings. The second-order valence-corrected chi connectivity index (χ2v) is 4.53. The molecular formula is C13H12N4O4. The Bertz CT molecular complexity index is 854. The Kier molecular flexibility index (Phi) is 2.86. The second kappa shape index (κ2) is 4.58. The lowest BCUT2D eigenvalue weighted by molar-refractivity contribution is 0.0923. The van der Waals surface area contributed by atoms with E-state index in [1.54, 1.807) is 31.2 Å². The number of aromatic amines is 1. The van der Waals surface area contributed by atoms with Gasteiger partial charge >= 0.3 is 11.4 Å². The zero-order chi connectivity index (χ0) is 15.1. The van der Waals surface area contributed by atoms with Crippen LogP contribution in [0.2, 0.25) is 0 Å². The molecule has 0 spiro atoms. The molecule has 0 amide bonds. The minimum absolute atomic E-state index is 0.296. The van der Waals surface area contributed by atoms with Gasteiger partial charge in [-0.05, 0) is 31.2 Å². The van der Waals surface area contributed by atoms with E-state index in [0.29, 0.717) is 17.1 Å². The summed E-state index contributed by atoms with van der Waals surface area (Å²) in [5.41, 5.74) is -0.884. The number of fused-ring (bicyclic) bond motifs is 1. The number of ether oxygens (including phenoxy) is 1. The Morgan fingerprint density at radius 1 is 1.24 bits per heavy atom. The van der Waals surface area contributed by atoms with Crippen LogP contribution in [0, 0.1) is 0 Å². The summed E-state index contributed by atoms with van der Waals surface area (Å²) in [7, 11) is 1.53. The third-order valence-corrected chi connectivity index (χ3v) is 3.29. The third-order valence-electron chi connectivity index (χ3n) is 3.29. The van der Waals surface area contributed by atoms with Crippen molar-refractivity contribution in [2.24, 2.45) is 4.99 Å². The second-order valence-electron chi connectivity index (χ2n) is 4.53. The first-order chi connectivity index (χ1) is 10.0. The highest BCUT2D eigenvalue weighted by Crippen LogP contribution is 2.20. The van der Waals surface area contributed by atoms with Gasteiger partial charge in [0.1, 0.15) is 11.6 Å². The van der Waals surface area contributed by atoms with E-state index in [4.69, 9.17) is 4.74 Å². The van der Waals surface area contributed by atoms with E-state index in [1.165, 1.54) is 7.11 Å². The minimum Gasteiger partial charge on any atom is -0.497 e. The fraction of sp³-hybridized carbons (Fsp3) is 0.231. The van der Waals surface area contributed by atoms with Crippen molar-refractivity contribution in [3.8, 4) is 5.75 Å². The summed E-state index contributed by atoms with van der Waals surface area (Å²) in [6.45, 7) is 1.56. The first-order valence-electron chi connectivity index (χ1n) is 6.20. The molecule has 0 aliphatic carbocycles. The lowest BCUT2D eigenvalue weighted by Gasteiger charge is -2.08. The zero-order valence-electron chi connectivity index (χ0n) is 11.4. The molecule has 3 rings (SSSR count). The molecule has 2 aromatic rings. The van der Waals surface area contributed by atoms with Gasteiger partial charge in [0, 0.05) is 5.56 Å². The number of carbonyl (C=O) groups is 1. The number of rotatable bonds is 3. The van der Waals surface area contributed by atoms with Crippen LogP contribution < -0.4 is 16.1 Å². The van der Waals surface area contributed by atoms with Crippen molar-refractivity contribution in [3.05, 3.63) is 50.8 Å². The number of methoxy groups -OCH3 is 1. The number of aliphatic imine (C=N–C) groups is 1. The average Bonchev–Trinajstić information content (AvgIpc) is 2.98. The van der Waals surface area contributed by atoms with E-state index < -0.39 is 17.5 Å². The highest BCUT2D eigenvalue weighted by molar-refractivity contribution is 6.01. The number of carbonyl (C=O) groups excluding carboxylic acids is 1. The number of hydrogen-bond donors (Lipinski definition) is 1. The van der Waals surface area contributed by atoms with Gasteiger partial charge in [-0.25, -0.2) is 14.6 Å². The van der Waals surface area contributed by atoms with E-state index in [1.807, 2.05) is 0 Å². The number of benzene rings is 1. The van der Waals surface area contributed by atoms with Crippen molar-refractivity contribution in [3.63, 3.8) is 0 Å². The maximum absolute atomic E-state index is 12.5. The van der Waals surface area contributed by atoms with Gasteiger partial charge < -0.3 is 4.74 Å². The maximum Gasteiger partial charge on any atom is 0.350 e. The molecule has 8 nitrogen and oxygen atoms in total. The Morgan fingerprint density at radius 2 is 1.90 bits per heavy atom. The molecule has 0 radical (unpaired) electrons. The molecule has 1 aromatic heterocycles. The summed E-state index contributed by atoms with van der Waals surface area (Å²) in [6.07, 6.45) is -1.06. The van der Waals surface area contributed by atoms with Crippen molar-refractivity contribution >= 4 is 11.6 Å². The number of H-pyrrole nitrogens is 1. The molecular weight excluding hydrogens is 276 g/mol. The van der Waals surface area contributed by atoms with Gasteiger partial charge in [0.2, 0.25) is 11.9 Å². The quantitative estimate of drug-likeness (QED) is 0.804. The standard InChI is InChI=1S/C13H12N4O4/c1-7-14-11(17-13(20)15-12(19)16(7)17)10(18)8-3-5-9(21-2)6-4-8/h3-6,11H,1-2H3,(H,15,19,20). The Morgan fingerprint density at radius 3 is 2.52 bits per heavy atom. The molecule has 1 unspecified atom stereocenters. The lowest BCUT2D eigenvalue weighted by atomic mass is 10.1. The smallest absolute Gasteiger partial charge is 0.350 e. The van der Waals surface area contributed by atoms with E-state index >= 15 is 0 Å². The Hall–Kier alpha value is -2.90. The predicted octanol–water partition coefficient (Wildman–Crippen LogP) is 0.00830. The number of nitrogens with one attached hydrogen (secondary N) is 1. The molecule has 108 valence electrons. The van der Waals surface area contributed by atoms with Gasteiger partial charge in [-0.3, -0.25) is 9.78 Å². The first-order valence-corrected chi connectivity index (χ1v) is 6.20. The topological polar surface area (TPSA) is 98.4 Å². The molecule has 1 aromatic carbocycles. The molecule has 8 heteroatoms. The molecule has 1 N–H and O–H groups in total. The van der Waals surface area contributed by atoms with Crippen LogP contribution in [0.3, 0.4) is 0 Å². The van der Waals surface area contributed by atoms with Crippen LogP contribution in [0.15, 0.2) is 38.8 Å². The highest BCUT2D eigenvalue weighted by atomic mass is 16.5. The fourth-order valence-electron chi connectivity index (χ4n) is 2.27. The van der Waals surface area contributed by atoms with Gasteiger partial charge in [0.15, 0.2) is 0 Å². The van der Waals surface area contributed by atoms with Crippen molar-refractivity contribution in [2.75, 3.05) is 7.11 Å². The molecule has 2 heterocycles. The van der Waals surface area contributed by atoms with Crippen molar-refractivity contribution in [1.82, 2.24) is 14.3 Å². The van der Waals surface area contributed by atoms with Crippen LogP contribution in [0.4, 0.5) is 0 Å². The Labute approximate surface area is 118 Å². The van der Waals surface area contributed by atoms with Gasteiger partial charge in [-0.2, -0.15) is 9.36 Å². The van der Waals surface area contributed by atoms with Crippen LogP contribution in [-0.2, 0) is 0 Å². The molecule has 1 aliphatic heterocycles. The number of hydrogen-bond acceptors (Lipinski definition) is 5. The number of aromatic nitrogens is 3. The molecule has 1 aliphatic rings. The van der Waals surface area contributed by atoms with Gasteiger partial charge in [-0.15, -0.1) is 0 Å². The summed E-state index contributed by atoms with van der Waals surface area (Å²) in [5, 5.41) is 0. The fourth-order valence-corrected chi connectivity index (χ4v) is 2.27. The van der Waals surface area contributed by atoms with Crippen molar-refractivity contribution in [2.45, 2.75) is 13.1 Å². The van der Waals surface area contributed by atoms with Crippen LogP contribution >= 0.6 is 0 Å². The number of nitrogens with zero attached hydrogens (tertiary/aromatic N) is 3. The van der Waals surface area contributed by atoms with Gasteiger partial charge in [0.05, 0.1) is 7.11 Å². The molecule has 0 saturated heterocycles. The monoisotopic (exact) mass is 288 g/mol. The van der Waals surface area contributed by atoms with E-state index in [2.05, 4.69) is 9.98 Å². The first kappa shape index (κ1) is 13.1. The summed E-state index contributed by atoms with van der Waals surface area (Å²) < 4.78 is 7.11. The SMILES string of the molecule is COc1ccc(C(=O)C2N=C(C)n3c(=O)[nH]c(=O)n32)cc1. The number of Topliss-reactive ketones (excluding diaryl/α,β-unsaturated/α-hetero) is 1. The number of ketones is 1. The lowest BCUT2D eigenvalue weighted by Crippen LogP contribution is -2.30. The summed E-state index contributed by atoms with van der Waals surface area (Å²) >= 11 is 0. The maximum atomic E-state index is 12.5. The van der Waals surface area contributed by atoms with Crippen molar-refractivity contribution in [1.29, 1.82) is 0 Å². The molecule has 21 heavy (non-hydrogen) atoms. The average molecular weight is 288 g/mol. The highest BCUT2D eigenvalue weighted by Gasteiger charge is 2.32. The van der Waals surface area contributed by atoms with Crippen LogP contribution in [0.25, 0.3) is 0 Å². The molecule has 0 bridgehead atoms. The minimum atomic E-state index is -1.06. The van der Waals surface area contributed by atoms with Gasteiger partial charge in [-0.1, -0.05) is 0 Å². The molecule has 1 atom stereocenters. The normalized spacial score (nSPS) is 16.5. The zero-order valence-corrected chi connectivity index (χ0v) is 11.4. The third kappa shape index (κ3) is 1.92. The summed E-state index contributed by atoms with van der Waals surface area (Å²) in [5.74, 6) is 0.544. The van der Waals surface area contributed by atoms with Crippen LogP contribution in [0.5, 0.6) is 5.75 Å². The van der Waals surface area contributed by atoms with E-state index in [0.717, 1.165) is 9.36 Å². The van der Waals surface area contributed by atoms with E-state index in [-0.39, 0.29) is 5.78 Å². The van der Waals surface area contributed by atoms with Crippen LogP contribution in [-0.4, -0.2) is 33.1 Å². The predicted molar refractivity (Wildman–Crippen MR) is 74.2 cm³/mol. The van der Waals surface area contributed by atoms with Crippen LogP contribution in [0.1, 0.15) is 23.4 Å². The largest absolute Gasteiger partial charge is 0.497 e. The Balaban J connectivity index is 2.04. The van der Waals surface area contributed by atoms with E-state index in [9.17, 15) is 14.4 Å². The van der Waals surface area contributed by atoms with Crippen molar-refractivity contribution < 1.29 is 9.53 Å². The summed E-state index contributed by atoms with van der Waals surface area (Å²) in [4.78, 5) is 42.1.